The third kappa shape index (κ3) is 6.19. The summed E-state index contributed by atoms with van der Waals surface area (Å²) in [6.45, 7) is 11.1. The number of hydrogen-bond acceptors (Lipinski definition) is 1. The average Bonchev–Trinajstić information content (AvgIpc) is 2.23. The number of aliphatic hydroxyl groups is 1. The molecule has 15 heavy (non-hydrogen) atoms. The Hall–Kier alpha value is -0.0400. The minimum atomic E-state index is -0.388. The second-order valence-electron chi connectivity index (χ2n) is 5.40. The molecule has 0 heterocycles. The lowest BCUT2D eigenvalue weighted by Gasteiger charge is -2.25. The van der Waals surface area contributed by atoms with Crippen molar-refractivity contribution in [3.05, 3.63) is 0 Å². The molecule has 0 aromatic rings. The molecule has 1 atom stereocenters. The van der Waals surface area contributed by atoms with E-state index < -0.39 is 0 Å². The first-order valence-electron chi connectivity index (χ1n) is 6.67. The molecule has 0 aliphatic rings. The largest absolute Gasteiger partial charge is 0.390 e. The minimum Gasteiger partial charge on any atom is -0.390 e. The van der Waals surface area contributed by atoms with Gasteiger partial charge >= 0.3 is 0 Å². The summed E-state index contributed by atoms with van der Waals surface area (Å²) < 4.78 is 0. The van der Waals surface area contributed by atoms with Crippen LogP contribution in [0.3, 0.4) is 0 Å². The van der Waals surface area contributed by atoms with Crippen LogP contribution in [-0.2, 0) is 0 Å². The maximum Gasteiger partial charge on any atom is 0.0642 e. The van der Waals surface area contributed by atoms with E-state index >= 15 is 0 Å². The van der Waals surface area contributed by atoms with Gasteiger partial charge in [0.1, 0.15) is 0 Å². The summed E-state index contributed by atoms with van der Waals surface area (Å²) in [5.41, 5.74) is -0.388. The maximum absolute atomic E-state index is 10.1. The highest BCUT2D eigenvalue weighted by Gasteiger charge is 2.21. The standard InChI is InChI=1S/C14H30O/c1-6-14(15,7-2)11-9-8-10-13(5)12(3)4/h12-13,15H,6-11H2,1-5H3/t13-/m1/s1. The van der Waals surface area contributed by atoms with E-state index in [4.69, 9.17) is 0 Å². The Morgan fingerprint density at radius 3 is 1.93 bits per heavy atom. The Morgan fingerprint density at radius 1 is 1.00 bits per heavy atom. The first-order valence-corrected chi connectivity index (χ1v) is 6.67. The second kappa shape index (κ2) is 7.27. The minimum absolute atomic E-state index is 0.388. The summed E-state index contributed by atoms with van der Waals surface area (Å²) in [5.74, 6) is 1.61. The Bertz CT molecular complexity index is 147. The van der Waals surface area contributed by atoms with E-state index in [0.717, 1.165) is 31.1 Å². The SMILES string of the molecule is CCC(O)(CC)CCCC[C@@H](C)C(C)C. The first kappa shape index (κ1) is 15.0. The number of rotatable bonds is 8. The fourth-order valence-electron chi connectivity index (χ4n) is 1.86. The number of hydrogen-bond donors (Lipinski definition) is 1. The smallest absolute Gasteiger partial charge is 0.0642 e. The van der Waals surface area contributed by atoms with Crippen LogP contribution in [0, 0.1) is 11.8 Å². The molecule has 1 N–H and O–H groups in total. The van der Waals surface area contributed by atoms with Gasteiger partial charge in [-0.25, -0.2) is 0 Å². The highest BCUT2D eigenvalue weighted by atomic mass is 16.3. The molecule has 0 unspecified atom stereocenters. The van der Waals surface area contributed by atoms with Crippen LogP contribution in [0.2, 0.25) is 0 Å². The fourth-order valence-corrected chi connectivity index (χ4v) is 1.86. The van der Waals surface area contributed by atoms with Crippen molar-refractivity contribution >= 4 is 0 Å². The molecule has 0 rings (SSSR count). The van der Waals surface area contributed by atoms with E-state index in [-0.39, 0.29) is 5.60 Å². The lowest BCUT2D eigenvalue weighted by molar-refractivity contribution is 0.0208. The second-order valence-corrected chi connectivity index (χ2v) is 5.40. The molecular weight excluding hydrogens is 184 g/mol. The predicted octanol–water partition coefficient (Wildman–Crippen LogP) is 4.39. The van der Waals surface area contributed by atoms with Gasteiger partial charge in [-0.15, -0.1) is 0 Å². The maximum atomic E-state index is 10.1. The van der Waals surface area contributed by atoms with E-state index in [1.165, 1.54) is 19.3 Å². The van der Waals surface area contributed by atoms with Crippen LogP contribution in [0.5, 0.6) is 0 Å². The summed E-state index contributed by atoms with van der Waals surface area (Å²) in [4.78, 5) is 0. The van der Waals surface area contributed by atoms with Gasteiger partial charge in [-0.05, 0) is 31.1 Å². The summed E-state index contributed by atoms with van der Waals surface area (Å²) in [7, 11) is 0. The van der Waals surface area contributed by atoms with Gasteiger partial charge in [0.25, 0.3) is 0 Å². The molecule has 1 nitrogen and oxygen atoms in total. The molecule has 0 amide bonds. The van der Waals surface area contributed by atoms with Crippen molar-refractivity contribution in [2.24, 2.45) is 11.8 Å². The summed E-state index contributed by atoms with van der Waals surface area (Å²) in [6.07, 6.45) is 6.51. The van der Waals surface area contributed by atoms with Crippen LogP contribution in [0.15, 0.2) is 0 Å². The van der Waals surface area contributed by atoms with Gasteiger partial charge in [-0.2, -0.15) is 0 Å². The molecule has 0 aromatic carbocycles. The predicted molar refractivity (Wildman–Crippen MR) is 68.0 cm³/mol. The first-order chi connectivity index (χ1) is 6.95. The molecule has 0 bridgehead atoms. The van der Waals surface area contributed by atoms with Gasteiger partial charge in [0.2, 0.25) is 0 Å². The van der Waals surface area contributed by atoms with Gasteiger partial charge < -0.3 is 5.11 Å². The van der Waals surface area contributed by atoms with Crippen LogP contribution in [0.4, 0.5) is 0 Å². The van der Waals surface area contributed by atoms with Crippen LogP contribution in [-0.4, -0.2) is 10.7 Å². The Labute approximate surface area is 96.3 Å². The molecule has 0 aliphatic carbocycles. The van der Waals surface area contributed by atoms with Crippen LogP contribution >= 0.6 is 0 Å². The molecule has 1 heteroatoms. The van der Waals surface area contributed by atoms with Crippen molar-refractivity contribution in [2.75, 3.05) is 0 Å². The molecule has 0 radical (unpaired) electrons. The highest BCUT2D eigenvalue weighted by Crippen LogP contribution is 2.24. The highest BCUT2D eigenvalue weighted by molar-refractivity contribution is 4.74. The van der Waals surface area contributed by atoms with E-state index in [2.05, 4.69) is 34.6 Å². The van der Waals surface area contributed by atoms with Crippen LogP contribution in [0.25, 0.3) is 0 Å². The van der Waals surface area contributed by atoms with E-state index in [9.17, 15) is 5.11 Å². The van der Waals surface area contributed by atoms with Crippen molar-refractivity contribution in [3.8, 4) is 0 Å². The third-order valence-electron chi connectivity index (χ3n) is 4.01. The molecule has 92 valence electrons. The van der Waals surface area contributed by atoms with E-state index in [1.54, 1.807) is 0 Å². The van der Waals surface area contributed by atoms with E-state index in [0.29, 0.717) is 0 Å². The Morgan fingerprint density at radius 2 is 1.53 bits per heavy atom. The zero-order valence-corrected chi connectivity index (χ0v) is 11.3. The van der Waals surface area contributed by atoms with Crippen LogP contribution < -0.4 is 0 Å². The Kier molecular flexibility index (Phi) is 7.25. The molecular formula is C14H30O. The van der Waals surface area contributed by atoms with Crippen molar-refractivity contribution < 1.29 is 5.11 Å². The lowest BCUT2D eigenvalue weighted by Crippen LogP contribution is -2.26. The summed E-state index contributed by atoms with van der Waals surface area (Å²) in [5, 5.41) is 10.1. The van der Waals surface area contributed by atoms with Gasteiger partial charge in [-0.3, -0.25) is 0 Å². The topological polar surface area (TPSA) is 20.2 Å². The molecule has 0 fully saturated rings. The lowest BCUT2D eigenvalue weighted by atomic mass is 9.88. The normalized spacial score (nSPS) is 14.6. The van der Waals surface area contributed by atoms with Gasteiger partial charge in [0.15, 0.2) is 0 Å². The molecule has 0 saturated carbocycles. The third-order valence-corrected chi connectivity index (χ3v) is 4.01. The molecule has 0 saturated heterocycles. The Balaban J connectivity index is 3.62. The molecule has 0 spiro atoms. The summed E-state index contributed by atoms with van der Waals surface area (Å²) >= 11 is 0. The van der Waals surface area contributed by atoms with Gasteiger partial charge in [0, 0.05) is 0 Å². The fraction of sp³-hybridized carbons (Fsp3) is 1.00. The average molecular weight is 214 g/mol. The van der Waals surface area contributed by atoms with Crippen LogP contribution in [0.1, 0.15) is 73.1 Å². The monoisotopic (exact) mass is 214 g/mol. The van der Waals surface area contributed by atoms with E-state index in [1.807, 2.05) is 0 Å². The summed E-state index contributed by atoms with van der Waals surface area (Å²) in [6, 6.07) is 0. The van der Waals surface area contributed by atoms with Crippen molar-refractivity contribution in [3.63, 3.8) is 0 Å². The van der Waals surface area contributed by atoms with Crippen molar-refractivity contribution in [1.29, 1.82) is 0 Å². The zero-order valence-electron chi connectivity index (χ0n) is 11.3. The van der Waals surface area contributed by atoms with Gasteiger partial charge in [-0.1, -0.05) is 53.9 Å². The van der Waals surface area contributed by atoms with Gasteiger partial charge in [0.05, 0.1) is 5.60 Å². The van der Waals surface area contributed by atoms with Crippen molar-refractivity contribution in [2.45, 2.75) is 78.7 Å². The molecule has 0 aliphatic heterocycles. The zero-order chi connectivity index (χ0) is 11.9. The number of unbranched alkanes of at least 4 members (excludes halogenated alkanes) is 1. The molecule has 0 aromatic heterocycles. The van der Waals surface area contributed by atoms with Crippen molar-refractivity contribution in [1.82, 2.24) is 0 Å². The quantitative estimate of drug-likeness (QED) is 0.594.